The summed E-state index contributed by atoms with van der Waals surface area (Å²) in [5.41, 5.74) is 3.23. The van der Waals surface area contributed by atoms with E-state index in [-0.39, 0.29) is 5.97 Å². The van der Waals surface area contributed by atoms with Gasteiger partial charge < -0.3 is 15.0 Å². The van der Waals surface area contributed by atoms with Crippen LogP contribution in [0.4, 0.5) is 5.82 Å². The van der Waals surface area contributed by atoms with E-state index in [1.807, 2.05) is 6.92 Å². The lowest BCUT2D eigenvalue weighted by Gasteiger charge is -2.22. The maximum Gasteiger partial charge on any atom is 0.311 e. The Balaban J connectivity index is 1.15. The number of rotatable bonds is 11. The van der Waals surface area contributed by atoms with E-state index in [9.17, 15) is 4.79 Å². The van der Waals surface area contributed by atoms with Gasteiger partial charge in [0.15, 0.2) is 5.75 Å². The molecule has 2 aliphatic rings. The molecule has 0 saturated heterocycles. The number of aromatic nitrogens is 3. The zero-order valence-electron chi connectivity index (χ0n) is 18.5. The van der Waals surface area contributed by atoms with E-state index in [4.69, 9.17) is 9.72 Å². The zero-order chi connectivity index (χ0) is 21.5. The van der Waals surface area contributed by atoms with E-state index in [1.54, 1.807) is 6.20 Å². The molecule has 3 heterocycles. The molecule has 0 spiro atoms. The highest BCUT2D eigenvalue weighted by Crippen LogP contribution is 2.27. The van der Waals surface area contributed by atoms with Gasteiger partial charge in [-0.1, -0.05) is 6.07 Å². The molecule has 0 aromatic carbocycles. The third-order valence-corrected chi connectivity index (χ3v) is 6.06. The van der Waals surface area contributed by atoms with E-state index in [0.29, 0.717) is 23.9 Å². The van der Waals surface area contributed by atoms with Crippen molar-refractivity contribution in [2.75, 3.05) is 25.0 Å². The summed E-state index contributed by atoms with van der Waals surface area (Å²) in [4.78, 5) is 27.5. The third-order valence-electron chi connectivity index (χ3n) is 6.06. The molecule has 1 aliphatic heterocycles. The Labute approximate surface area is 184 Å². The summed E-state index contributed by atoms with van der Waals surface area (Å²) in [5.74, 6) is 1.34. The van der Waals surface area contributed by atoms with Crippen LogP contribution in [0, 0.1) is 6.92 Å². The van der Waals surface area contributed by atoms with Crippen LogP contribution in [0.2, 0.25) is 0 Å². The summed E-state index contributed by atoms with van der Waals surface area (Å²) >= 11 is 0. The van der Waals surface area contributed by atoms with Crippen LogP contribution >= 0.6 is 0 Å². The van der Waals surface area contributed by atoms with E-state index < -0.39 is 0 Å². The molecule has 7 heteroatoms. The smallest absolute Gasteiger partial charge is 0.311 e. The topological polar surface area (TPSA) is 80.2 Å². The zero-order valence-corrected chi connectivity index (χ0v) is 18.5. The van der Waals surface area contributed by atoms with Crippen molar-refractivity contribution in [3.05, 3.63) is 41.6 Å². The van der Waals surface area contributed by atoms with Crippen LogP contribution in [-0.4, -0.2) is 51.5 Å². The number of carbonyl (C=O) groups excluding carboxylic acids is 1. The lowest BCUT2D eigenvalue weighted by molar-refractivity contribution is -0.134. The maximum absolute atomic E-state index is 12.1. The summed E-state index contributed by atoms with van der Waals surface area (Å²) in [6, 6.07) is 5.13. The summed E-state index contributed by atoms with van der Waals surface area (Å²) < 4.78 is 5.40. The molecule has 166 valence electrons. The van der Waals surface area contributed by atoms with Crippen molar-refractivity contribution in [3.8, 4) is 5.75 Å². The minimum absolute atomic E-state index is 0.208. The van der Waals surface area contributed by atoms with Crippen LogP contribution in [-0.2, 0) is 17.6 Å². The molecule has 0 bridgehead atoms. The quantitative estimate of drug-likeness (QED) is 0.436. The van der Waals surface area contributed by atoms with Crippen LogP contribution in [0.25, 0.3) is 0 Å². The van der Waals surface area contributed by atoms with Crippen molar-refractivity contribution in [1.29, 1.82) is 0 Å². The number of unbranched alkanes of at least 4 members (excludes halogenated alkanes) is 1. The fraction of sp³-hybridized carbons (Fsp3) is 0.583. The summed E-state index contributed by atoms with van der Waals surface area (Å²) in [5, 5.41) is 3.42. The Morgan fingerprint density at radius 3 is 2.94 bits per heavy atom. The van der Waals surface area contributed by atoms with Gasteiger partial charge in [0.25, 0.3) is 0 Å². The number of esters is 1. The molecule has 1 fully saturated rings. The highest BCUT2D eigenvalue weighted by atomic mass is 16.5. The number of pyridine rings is 1. The average Bonchev–Trinajstić information content (AvgIpc) is 3.62. The number of hydrogen-bond donors (Lipinski definition) is 1. The van der Waals surface area contributed by atoms with E-state index >= 15 is 0 Å². The molecule has 2 aromatic heterocycles. The number of hydrogen-bond acceptors (Lipinski definition) is 7. The Hall–Kier alpha value is -2.54. The molecule has 1 N–H and O–H groups in total. The molecule has 31 heavy (non-hydrogen) atoms. The van der Waals surface area contributed by atoms with Gasteiger partial charge in [0, 0.05) is 24.7 Å². The second-order valence-electron chi connectivity index (χ2n) is 8.61. The number of nitrogens with one attached hydrogen (secondary N) is 1. The Kier molecular flexibility index (Phi) is 7.46. The maximum atomic E-state index is 12.1. The van der Waals surface area contributed by atoms with Crippen LogP contribution < -0.4 is 10.1 Å². The van der Waals surface area contributed by atoms with E-state index in [1.165, 1.54) is 36.8 Å². The van der Waals surface area contributed by atoms with Gasteiger partial charge in [0.1, 0.15) is 12.1 Å². The first-order chi connectivity index (χ1) is 15.2. The van der Waals surface area contributed by atoms with Gasteiger partial charge in [0.2, 0.25) is 0 Å². The first-order valence-corrected chi connectivity index (χ1v) is 11.6. The van der Waals surface area contributed by atoms with Gasteiger partial charge in [-0.05, 0) is 83.0 Å². The Morgan fingerprint density at radius 2 is 2.10 bits per heavy atom. The SMILES string of the molecule is Cc1ncncc1OC(=O)CCCN(CCCCc1ccc2c(n1)NCCC2)C1CC1. The number of carbonyl (C=O) groups is 1. The van der Waals surface area contributed by atoms with Crippen molar-refractivity contribution >= 4 is 11.8 Å². The Bertz CT molecular complexity index is 884. The molecule has 1 aliphatic carbocycles. The van der Waals surface area contributed by atoms with Crippen molar-refractivity contribution in [2.24, 2.45) is 0 Å². The summed E-state index contributed by atoms with van der Waals surface area (Å²) in [6.07, 6.45) is 12.5. The second kappa shape index (κ2) is 10.7. The molecule has 0 atom stereocenters. The van der Waals surface area contributed by atoms with Gasteiger partial charge in [-0.15, -0.1) is 0 Å². The number of nitrogens with zero attached hydrogens (tertiary/aromatic N) is 4. The molecule has 7 nitrogen and oxygen atoms in total. The van der Waals surface area contributed by atoms with Crippen molar-refractivity contribution in [1.82, 2.24) is 19.9 Å². The normalized spacial score (nSPS) is 15.4. The first-order valence-electron chi connectivity index (χ1n) is 11.6. The van der Waals surface area contributed by atoms with Crippen LogP contribution in [0.1, 0.15) is 61.9 Å². The van der Waals surface area contributed by atoms with Crippen LogP contribution in [0.3, 0.4) is 0 Å². The van der Waals surface area contributed by atoms with Gasteiger partial charge in [-0.3, -0.25) is 4.79 Å². The van der Waals surface area contributed by atoms with Gasteiger partial charge >= 0.3 is 5.97 Å². The average molecular weight is 424 g/mol. The first kappa shape index (κ1) is 21.7. The van der Waals surface area contributed by atoms with Crippen LogP contribution in [0.15, 0.2) is 24.7 Å². The van der Waals surface area contributed by atoms with Gasteiger partial charge in [-0.2, -0.15) is 0 Å². The Morgan fingerprint density at radius 1 is 1.23 bits per heavy atom. The highest BCUT2D eigenvalue weighted by molar-refractivity contribution is 5.72. The molecule has 0 amide bonds. The van der Waals surface area contributed by atoms with Crippen molar-refractivity contribution in [2.45, 2.75) is 70.8 Å². The molecule has 1 saturated carbocycles. The minimum atomic E-state index is -0.208. The molecule has 0 unspecified atom stereocenters. The number of ether oxygens (including phenoxy) is 1. The fourth-order valence-corrected chi connectivity index (χ4v) is 4.12. The van der Waals surface area contributed by atoms with E-state index in [2.05, 4.69) is 32.3 Å². The second-order valence-corrected chi connectivity index (χ2v) is 8.61. The number of anilines is 1. The number of fused-ring (bicyclic) bond motifs is 1. The molecular formula is C24H33N5O2. The highest BCUT2D eigenvalue weighted by Gasteiger charge is 2.28. The summed E-state index contributed by atoms with van der Waals surface area (Å²) in [6.45, 7) is 4.89. The minimum Gasteiger partial charge on any atom is -0.423 e. The lowest BCUT2D eigenvalue weighted by atomic mass is 10.1. The van der Waals surface area contributed by atoms with Gasteiger partial charge in [-0.25, -0.2) is 15.0 Å². The van der Waals surface area contributed by atoms with Crippen molar-refractivity contribution < 1.29 is 9.53 Å². The van der Waals surface area contributed by atoms with Crippen LogP contribution in [0.5, 0.6) is 5.75 Å². The summed E-state index contributed by atoms with van der Waals surface area (Å²) in [7, 11) is 0. The third kappa shape index (κ3) is 6.47. The molecular weight excluding hydrogens is 390 g/mol. The van der Waals surface area contributed by atoms with Crippen molar-refractivity contribution in [3.63, 3.8) is 0 Å². The predicted octanol–water partition coefficient (Wildman–Crippen LogP) is 3.71. The largest absolute Gasteiger partial charge is 0.423 e. The lowest BCUT2D eigenvalue weighted by Crippen LogP contribution is -2.29. The fourth-order valence-electron chi connectivity index (χ4n) is 4.12. The molecule has 2 aromatic rings. The van der Waals surface area contributed by atoms with Gasteiger partial charge in [0.05, 0.1) is 11.9 Å². The number of aryl methyl sites for hydroxylation is 3. The standard InChI is InChI=1S/C24H33N5O2/c1-18-22(16-25-17-27-18)31-23(30)8-5-15-29(21-11-12-21)14-3-2-7-20-10-9-19-6-4-13-26-24(19)28-20/h9-10,16-17,21H,2-8,11-15H2,1H3,(H,26,28). The monoisotopic (exact) mass is 423 g/mol. The van der Waals surface area contributed by atoms with E-state index in [0.717, 1.165) is 57.6 Å². The molecule has 0 radical (unpaired) electrons. The predicted molar refractivity (Wildman–Crippen MR) is 120 cm³/mol. The molecule has 4 rings (SSSR count).